The first-order valence-corrected chi connectivity index (χ1v) is 3.90. The van der Waals surface area contributed by atoms with E-state index < -0.39 is 0 Å². The number of anilines is 1. The van der Waals surface area contributed by atoms with E-state index in [4.69, 9.17) is 21.7 Å². The van der Waals surface area contributed by atoms with Gasteiger partial charge in [0, 0.05) is 13.2 Å². The first-order chi connectivity index (χ1) is 6.19. The lowest BCUT2D eigenvalue weighted by atomic mass is 10.3. The maximum atomic E-state index is 8.56. The minimum absolute atomic E-state index is 0.392. The normalized spacial score (nSPS) is 9.38. The van der Waals surface area contributed by atoms with Crippen LogP contribution in [0.4, 0.5) is 5.82 Å². The van der Waals surface area contributed by atoms with E-state index in [0.717, 1.165) is 0 Å². The smallest absolute Gasteiger partial charge is 0.171 e. The van der Waals surface area contributed by atoms with Gasteiger partial charge in [0.15, 0.2) is 5.82 Å². The standard InChI is InChI=1S/C8H8ClN3O/c1-12(13-2)8-7(9)3-6(4-10)5-11-8/h3,5H,1-2H3. The largest absolute Gasteiger partial charge is 0.276 e. The zero-order valence-corrected chi connectivity index (χ0v) is 8.04. The van der Waals surface area contributed by atoms with Crippen LogP contribution in [0.3, 0.4) is 0 Å². The molecule has 0 unspecified atom stereocenters. The molecule has 1 aromatic rings. The van der Waals surface area contributed by atoms with Crippen LogP contribution in [0.1, 0.15) is 5.56 Å². The van der Waals surface area contributed by atoms with Gasteiger partial charge in [-0.15, -0.1) is 0 Å². The monoisotopic (exact) mass is 197 g/mol. The molecule has 0 N–H and O–H groups in total. The van der Waals surface area contributed by atoms with E-state index in [-0.39, 0.29) is 0 Å². The third-order valence-corrected chi connectivity index (χ3v) is 1.80. The lowest BCUT2D eigenvalue weighted by molar-refractivity contribution is 0.182. The summed E-state index contributed by atoms with van der Waals surface area (Å²) in [6.45, 7) is 0. The molecule has 0 saturated carbocycles. The van der Waals surface area contributed by atoms with Crippen molar-refractivity contribution in [3.63, 3.8) is 0 Å². The second-order valence-electron chi connectivity index (χ2n) is 2.32. The second kappa shape index (κ2) is 4.08. The summed E-state index contributed by atoms with van der Waals surface area (Å²) in [6, 6.07) is 3.49. The molecule has 0 saturated heterocycles. The van der Waals surface area contributed by atoms with E-state index in [1.165, 1.54) is 18.4 Å². The Bertz CT molecular complexity index is 348. The van der Waals surface area contributed by atoms with Gasteiger partial charge in [-0.2, -0.15) is 5.26 Å². The highest BCUT2D eigenvalue weighted by Crippen LogP contribution is 2.22. The Labute approximate surface area is 81.3 Å². The summed E-state index contributed by atoms with van der Waals surface area (Å²) in [5, 5.41) is 10.4. The molecule has 0 fully saturated rings. The van der Waals surface area contributed by atoms with Crippen molar-refractivity contribution in [2.24, 2.45) is 0 Å². The average molecular weight is 198 g/mol. The van der Waals surface area contributed by atoms with Gasteiger partial charge in [0.05, 0.1) is 17.7 Å². The molecule has 5 heteroatoms. The number of hydroxylamine groups is 1. The van der Waals surface area contributed by atoms with Gasteiger partial charge in [0.1, 0.15) is 6.07 Å². The van der Waals surface area contributed by atoms with E-state index in [2.05, 4.69) is 4.98 Å². The Hall–Kier alpha value is -1.31. The zero-order valence-electron chi connectivity index (χ0n) is 7.28. The lowest BCUT2D eigenvalue weighted by Crippen LogP contribution is -2.16. The molecule has 0 amide bonds. The Kier molecular flexibility index (Phi) is 3.07. The van der Waals surface area contributed by atoms with Crippen molar-refractivity contribution in [3.05, 3.63) is 22.8 Å². The minimum atomic E-state index is 0.392. The van der Waals surface area contributed by atoms with Crippen LogP contribution in [-0.4, -0.2) is 19.1 Å². The van der Waals surface area contributed by atoms with Gasteiger partial charge in [0.25, 0.3) is 0 Å². The number of pyridine rings is 1. The number of hydrogen-bond donors (Lipinski definition) is 0. The molecule has 0 radical (unpaired) electrons. The molecule has 1 heterocycles. The van der Waals surface area contributed by atoms with Gasteiger partial charge in [-0.1, -0.05) is 11.6 Å². The summed E-state index contributed by atoms with van der Waals surface area (Å²) in [4.78, 5) is 8.86. The van der Waals surface area contributed by atoms with Crippen LogP contribution in [0.15, 0.2) is 12.3 Å². The van der Waals surface area contributed by atoms with Crippen molar-refractivity contribution in [1.29, 1.82) is 5.26 Å². The molecule has 1 aromatic heterocycles. The topological polar surface area (TPSA) is 49.1 Å². The quantitative estimate of drug-likeness (QED) is 0.676. The third kappa shape index (κ3) is 2.08. The first kappa shape index (κ1) is 9.78. The van der Waals surface area contributed by atoms with Crippen LogP contribution in [-0.2, 0) is 4.84 Å². The predicted molar refractivity (Wildman–Crippen MR) is 49.4 cm³/mol. The van der Waals surface area contributed by atoms with Crippen LogP contribution in [0.25, 0.3) is 0 Å². The van der Waals surface area contributed by atoms with Crippen LogP contribution in [0.5, 0.6) is 0 Å². The van der Waals surface area contributed by atoms with E-state index in [1.807, 2.05) is 6.07 Å². The summed E-state index contributed by atoms with van der Waals surface area (Å²) in [6.07, 6.45) is 1.44. The molecule has 0 aliphatic carbocycles. The number of nitriles is 1. The van der Waals surface area contributed by atoms with E-state index in [0.29, 0.717) is 16.4 Å². The fourth-order valence-corrected chi connectivity index (χ4v) is 1.10. The third-order valence-electron chi connectivity index (χ3n) is 1.52. The van der Waals surface area contributed by atoms with Gasteiger partial charge in [-0.25, -0.2) is 10.0 Å². The number of rotatable bonds is 2. The number of halogens is 1. The minimum Gasteiger partial charge on any atom is -0.276 e. The highest BCUT2D eigenvalue weighted by molar-refractivity contribution is 6.33. The first-order valence-electron chi connectivity index (χ1n) is 3.52. The summed E-state index contributed by atoms with van der Waals surface area (Å²) >= 11 is 5.85. The lowest BCUT2D eigenvalue weighted by Gasteiger charge is -2.15. The molecular weight excluding hydrogens is 190 g/mol. The Morgan fingerprint density at radius 1 is 1.69 bits per heavy atom. The molecule has 0 aliphatic heterocycles. The Morgan fingerprint density at radius 2 is 2.38 bits per heavy atom. The molecule has 0 atom stereocenters. The summed E-state index contributed by atoms with van der Waals surface area (Å²) < 4.78 is 0. The van der Waals surface area contributed by atoms with E-state index in [1.54, 1.807) is 13.1 Å². The van der Waals surface area contributed by atoms with Gasteiger partial charge in [0.2, 0.25) is 0 Å². The number of nitrogens with zero attached hydrogens (tertiary/aromatic N) is 3. The molecule has 0 aliphatic rings. The zero-order chi connectivity index (χ0) is 9.84. The van der Waals surface area contributed by atoms with Crippen molar-refractivity contribution < 1.29 is 4.84 Å². The van der Waals surface area contributed by atoms with Gasteiger partial charge < -0.3 is 0 Å². The average Bonchev–Trinajstić information content (AvgIpc) is 2.16. The number of aromatic nitrogens is 1. The Morgan fingerprint density at radius 3 is 2.85 bits per heavy atom. The molecule has 68 valence electrons. The molecule has 0 bridgehead atoms. The highest BCUT2D eigenvalue weighted by atomic mass is 35.5. The van der Waals surface area contributed by atoms with Crippen LogP contribution < -0.4 is 5.06 Å². The van der Waals surface area contributed by atoms with Gasteiger partial charge >= 0.3 is 0 Å². The van der Waals surface area contributed by atoms with E-state index in [9.17, 15) is 0 Å². The van der Waals surface area contributed by atoms with Crippen molar-refractivity contribution in [3.8, 4) is 6.07 Å². The number of hydrogen-bond acceptors (Lipinski definition) is 4. The molecule has 0 aromatic carbocycles. The maximum Gasteiger partial charge on any atom is 0.171 e. The maximum absolute atomic E-state index is 8.56. The SMILES string of the molecule is CON(C)c1ncc(C#N)cc1Cl. The fourth-order valence-electron chi connectivity index (χ4n) is 0.810. The fraction of sp³-hybridized carbons (Fsp3) is 0.250. The molecule has 1 rings (SSSR count). The van der Waals surface area contributed by atoms with E-state index >= 15 is 0 Å². The van der Waals surface area contributed by atoms with Crippen LogP contribution in [0.2, 0.25) is 5.02 Å². The summed E-state index contributed by atoms with van der Waals surface area (Å²) in [7, 11) is 3.19. The molecular formula is C8H8ClN3O. The molecule has 0 spiro atoms. The van der Waals surface area contributed by atoms with Crippen LogP contribution in [0, 0.1) is 11.3 Å². The second-order valence-corrected chi connectivity index (χ2v) is 2.73. The molecule has 4 nitrogen and oxygen atoms in total. The predicted octanol–water partition coefficient (Wildman–Crippen LogP) is 1.60. The summed E-state index contributed by atoms with van der Waals surface area (Å²) in [5.74, 6) is 0.489. The van der Waals surface area contributed by atoms with Crippen molar-refractivity contribution in [1.82, 2.24) is 4.98 Å². The van der Waals surface area contributed by atoms with Crippen molar-refractivity contribution in [2.75, 3.05) is 19.2 Å². The van der Waals surface area contributed by atoms with Crippen molar-refractivity contribution >= 4 is 17.4 Å². The van der Waals surface area contributed by atoms with Gasteiger partial charge in [-0.05, 0) is 6.07 Å². The van der Waals surface area contributed by atoms with Gasteiger partial charge in [-0.3, -0.25) is 4.84 Å². The van der Waals surface area contributed by atoms with Crippen LogP contribution >= 0.6 is 11.6 Å². The summed E-state index contributed by atoms with van der Waals surface area (Å²) in [5.41, 5.74) is 0.429. The Balaban J connectivity index is 3.07. The van der Waals surface area contributed by atoms with Crippen molar-refractivity contribution in [2.45, 2.75) is 0 Å². The molecule has 13 heavy (non-hydrogen) atoms. The highest BCUT2D eigenvalue weighted by Gasteiger charge is 2.07.